The van der Waals surface area contributed by atoms with Crippen molar-refractivity contribution in [3.05, 3.63) is 47.5 Å². The van der Waals surface area contributed by atoms with Crippen LogP contribution in [-0.4, -0.2) is 20.8 Å². The predicted octanol–water partition coefficient (Wildman–Crippen LogP) is 1.76. The van der Waals surface area contributed by atoms with Gasteiger partial charge in [-0.05, 0) is 24.1 Å². The smallest absolute Gasteiger partial charge is 0.187 e. The summed E-state index contributed by atoms with van der Waals surface area (Å²) in [6, 6.07) is 3.74. The molecule has 0 aromatic carbocycles. The average molecular weight is 259 g/mol. The zero-order valence-electron chi connectivity index (χ0n) is 9.92. The normalized spacial score (nSPS) is 10.3. The van der Waals surface area contributed by atoms with Crippen molar-refractivity contribution in [3.63, 3.8) is 0 Å². The van der Waals surface area contributed by atoms with Gasteiger partial charge in [0.1, 0.15) is 11.5 Å². The van der Waals surface area contributed by atoms with E-state index in [2.05, 4.69) is 15.0 Å². The Morgan fingerprint density at radius 3 is 2.72 bits per heavy atom. The summed E-state index contributed by atoms with van der Waals surface area (Å²) >= 11 is 1.50. The van der Waals surface area contributed by atoms with Crippen LogP contribution in [0.2, 0.25) is 0 Å². The maximum Gasteiger partial charge on any atom is 0.187 e. The minimum Gasteiger partial charge on any atom is -0.382 e. The van der Waals surface area contributed by atoms with Gasteiger partial charge in [-0.1, -0.05) is 17.8 Å². The second-order valence-electron chi connectivity index (χ2n) is 3.76. The van der Waals surface area contributed by atoms with Crippen LogP contribution in [0.5, 0.6) is 0 Å². The van der Waals surface area contributed by atoms with E-state index >= 15 is 0 Å². The number of nitrogen functional groups attached to an aromatic ring is 1. The topological polar surface area (TPSA) is 88.5 Å². The maximum absolute atomic E-state index is 7.46. The Kier molecular flexibility index (Phi) is 3.88. The standard InChI is InChI=1S/C12H13N5S/c1-8-5-16-12(17-6-8)18-7-9-3-2-4-15-10(9)11(13)14/h2-6H,7H2,1H3,(H3,13,14). The van der Waals surface area contributed by atoms with Crippen molar-refractivity contribution in [2.45, 2.75) is 17.8 Å². The summed E-state index contributed by atoms with van der Waals surface area (Å²) in [6.07, 6.45) is 5.20. The van der Waals surface area contributed by atoms with Crippen molar-refractivity contribution in [1.82, 2.24) is 15.0 Å². The van der Waals surface area contributed by atoms with Crippen LogP contribution < -0.4 is 5.73 Å². The van der Waals surface area contributed by atoms with E-state index in [1.165, 1.54) is 11.8 Å². The summed E-state index contributed by atoms with van der Waals surface area (Å²) in [4.78, 5) is 12.5. The van der Waals surface area contributed by atoms with Crippen LogP contribution >= 0.6 is 11.8 Å². The molecule has 0 saturated heterocycles. The second kappa shape index (κ2) is 5.59. The van der Waals surface area contributed by atoms with Crippen LogP contribution in [0.15, 0.2) is 35.9 Å². The Morgan fingerprint density at radius 1 is 1.33 bits per heavy atom. The SMILES string of the molecule is Cc1cnc(SCc2cccnc2C(=N)N)nc1. The molecule has 18 heavy (non-hydrogen) atoms. The molecule has 5 nitrogen and oxygen atoms in total. The number of hydrogen-bond acceptors (Lipinski definition) is 5. The van der Waals surface area contributed by atoms with E-state index in [0.29, 0.717) is 16.6 Å². The number of thioether (sulfide) groups is 1. The number of nitrogens with two attached hydrogens (primary N) is 1. The molecule has 2 rings (SSSR count). The third kappa shape index (κ3) is 3.04. The van der Waals surface area contributed by atoms with Crippen LogP contribution in [0.4, 0.5) is 0 Å². The lowest BCUT2D eigenvalue weighted by Crippen LogP contribution is -2.15. The number of rotatable bonds is 4. The van der Waals surface area contributed by atoms with Crippen molar-refractivity contribution in [3.8, 4) is 0 Å². The zero-order chi connectivity index (χ0) is 13.0. The molecule has 0 aliphatic carbocycles. The summed E-state index contributed by atoms with van der Waals surface area (Å²) in [5.41, 5.74) is 7.96. The molecule has 0 aliphatic rings. The molecule has 2 aromatic rings. The second-order valence-corrected chi connectivity index (χ2v) is 4.70. The number of amidine groups is 1. The third-order valence-electron chi connectivity index (χ3n) is 2.26. The van der Waals surface area contributed by atoms with Crippen LogP contribution in [0.25, 0.3) is 0 Å². The first-order chi connectivity index (χ1) is 8.66. The first kappa shape index (κ1) is 12.5. The fourth-order valence-corrected chi connectivity index (χ4v) is 2.17. The molecule has 0 saturated carbocycles. The molecule has 0 atom stereocenters. The summed E-state index contributed by atoms with van der Waals surface area (Å²) in [6.45, 7) is 1.95. The molecule has 3 N–H and O–H groups in total. The Hall–Kier alpha value is -1.95. The number of nitrogens with zero attached hydrogens (tertiary/aromatic N) is 3. The van der Waals surface area contributed by atoms with Gasteiger partial charge in [-0.2, -0.15) is 0 Å². The lowest BCUT2D eigenvalue weighted by Gasteiger charge is -2.05. The zero-order valence-corrected chi connectivity index (χ0v) is 10.7. The molecule has 0 unspecified atom stereocenters. The lowest BCUT2D eigenvalue weighted by atomic mass is 10.2. The predicted molar refractivity (Wildman–Crippen MR) is 71.6 cm³/mol. The third-order valence-corrected chi connectivity index (χ3v) is 3.18. The van der Waals surface area contributed by atoms with Gasteiger partial charge in [-0.25, -0.2) is 9.97 Å². The van der Waals surface area contributed by atoms with E-state index in [1.807, 2.05) is 19.1 Å². The maximum atomic E-state index is 7.46. The van der Waals surface area contributed by atoms with Gasteiger partial charge in [0.2, 0.25) is 0 Å². The highest BCUT2D eigenvalue weighted by atomic mass is 32.2. The molecule has 0 aliphatic heterocycles. The van der Waals surface area contributed by atoms with Gasteiger partial charge in [-0.15, -0.1) is 0 Å². The average Bonchev–Trinajstić information content (AvgIpc) is 2.38. The highest BCUT2D eigenvalue weighted by Crippen LogP contribution is 2.20. The minimum absolute atomic E-state index is 0.0176. The molecule has 0 spiro atoms. The van der Waals surface area contributed by atoms with Gasteiger partial charge in [-0.3, -0.25) is 10.4 Å². The van der Waals surface area contributed by atoms with E-state index in [0.717, 1.165) is 11.1 Å². The molecular weight excluding hydrogens is 246 g/mol. The number of pyridine rings is 1. The van der Waals surface area contributed by atoms with Gasteiger partial charge in [0, 0.05) is 24.3 Å². The van der Waals surface area contributed by atoms with E-state index in [9.17, 15) is 0 Å². The van der Waals surface area contributed by atoms with Gasteiger partial charge in [0.25, 0.3) is 0 Å². The molecule has 0 fully saturated rings. The van der Waals surface area contributed by atoms with E-state index in [-0.39, 0.29) is 5.84 Å². The quantitative estimate of drug-likeness (QED) is 0.378. The number of aromatic nitrogens is 3. The first-order valence-corrected chi connectivity index (χ1v) is 6.35. The Labute approximate surface area is 109 Å². The van der Waals surface area contributed by atoms with Crippen molar-refractivity contribution in [1.29, 1.82) is 5.41 Å². The highest BCUT2D eigenvalue weighted by Gasteiger charge is 2.07. The molecule has 0 amide bonds. The number of nitrogens with one attached hydrogen (secondary N) is 1. The summed E-state index contributed by atoms with van der Waals surface area (Å²) in [5.74, 6) is 0.627. The van der Waals surface area contributed by atoms with E-state index in [4.69, 9.17) is 11.1 Å². The van der Waals surface area contributed by atoms with Crippen molar-refractivity contribution in [2.24, 2.45) is 5.73 Å². The molecular formula is C12H13N5S. The van der Waals surface area contributed by atoms with E-state index < -0.39 is 0 Å². The number of hydrogen-bond donors (Lipinski definition) is 2. The van der Waals surface area contributed by atoms with E-state index in [1.54, 1.807) is 18.6 Å². The monoisotopic (exact) mass is 259 g/mol. The largest absolute Gasteiger partial charge is 0.382 e. The highest BCUT2D eigenvalue weighted by molar-refractivity contribution is 7.98. The van der Waals surface area contributed by atoms with Crippen LogP contribution in [0.3, 0.4) is 0 Å². The first-order valence-electron chi connectivity index (χ1n) is 5.36. The Morgan fingerprint density at radius 2 is 2.06 bits per heavy atom. The molecule has 92 valence electrons. The molecule has 2 heterocycles. The van der Waals surface area contributed by atoms with Crippen molar-refractivity contribution >= 4 is 17.6 Å². The summed E-state index contributed by atoms with van der Waals surface area (Å²) in [7, 11) is 0. The van der Waals surface area contributed by atoms with Gasteiger partial charge in [0.05, 0.1) is 0 Å². The van der Waals surface area contributed by atoms with Gasteiger partial charge >= 0.3 is 0 Å². The van der Waals surface area contributed by atoms with Crippen LogP contribution in [-0.2, 0) is 5.75 Å². The number of aryl methyl sites for hydroxylation is 1. The Balaban J connectivity index is 2.10. The minimum atomic E-state index is -0.0176. The fourth-order valence-electron chi connectivity index (χ4n) is 1.40. The molecule has 2 aromatic heterocycles. The lowest BCUT2D eigenvalue weighted by molar-refractivity contribution is 0.949. The fraction of sp³-hybridized carbons (Fsp3) is 0.167. The van der Waals surface area contributed by atoms with Crippen LogP contribution in [0, 0.1) is 12.3 Å². The van der Waals surface area contributed by atoms with Crippen molar-refractivity contribution < 1.29 is 0 Å². The molecule has 6 heteroatoms. The Bertz CT molecular complexity index is 553. The molecule has 0 bridgehead atoms. The van der Waals surface area contributed by atoms with Crippen molar-refractivity contribution in [2.75, 3.05) is 0 Å². The van der Waals surface area contributed by atoms with Crippen LogP contribution in [0.1, 0.15) is 16.8 Å². The summed E-state index contributed by atoms with van der Waals surface area (Å²) in [5, 5.41) is 8.17. The summed E-state index contributed by atoms with van der Waals surface area (Å²) < 4.78 is 0. The van der Waals surface area contributed by atoms with Gasteiger partial charge in [0.15, 0.2) is 5.16 Å². The van der Waals surface area contributed by atoms with Gasteiger partial charge < -0.3 is 5.73 Å². The molecule has 0 radical (unpaired) electrons.